The van der Waals surface area contributed by atoms with Crippen molar-refractivity contribution in [2.24, 2.45) is 11.8 Å². The lowest BCUT2D eigenvalue weighted by Gasteiger charge is -2.40. The minimum Gasteiger partial charge on any atom is -0.394 e. The molecule has 2 aliphatic rings. The molecule has 3 nitrogen and oxygen atoms in total. The smallest absolute Gasteiger partial charge is 0.0798 e. The second-order valence-corrected chi connectivity index (χ2v) is 4.93. The van der Waals surface area contributed by atoms with E-state index in [1.165, 1.54) is 6.42 Å². The second kappa shape index (κ2) is 3.80. The van der Waals surface area contributed by atoms with Gasteiger partial charge in [0.1, 0.15) is 0 Å². The van der Waals surface area contributed by atoms with Crippen LogP contribution in [0.5, 0.6) is 0 Å². The molecule has 2 bridgehead atoms. The summed E-state index contributed by atoms with van der Waals surface area (Å²) >= 11 is 0. The Morgan fingerprint density at radius 1 is 1.14 bits per heavy atom. The third kappa shape index (κ3) is 1.58. The molecular formula is C11H20O3. The zero-order valence-corrected chi connectivity index (χ0v) is 8.52. The molecule has 0 saturated heterocycles. The summed E-state index contributed by atoms with van der Waals surface area (Å²) in [6.45, 7) is -0.234. The molecule has 0 aromatic heterocycles. The minimum atomic E-state index is -0.749. The average molecular weight is 200 g/mol. The van der Waals surface area contributed by atoms with Gasteiger partial charge in [-0.1, -0.05) is 6.42 Å². The van der Waals surface area contributed by atoms with Gasteiger partial charge in [0.15, 0.2) is 0 Å². The summed E-state index contributed by atoms with van der Waals surface area (Å²) in [6, 6.07) is 0. The quantitative estimate of drug-likeness (QED) is 0.627. The fourth-order valence-corrected chi connectivity index (χ4v) is 3.41. The summed E-state index contributed by atoms with van der Waals surface area (Å²) in [4.78, 5) is 0. The lowest BCUT2D eigenvalue weighted by molar-refractivity contribution is -0.0962. The summed E-state index contributed by atoms with van der Waals surface area (Å²) in [6.07, 6.45) is 5.20. The van der Waals surface area contributed by atoms with Gasteiger partial charge in [0.05, 0.1) is 18.3 Å². The van der Waals surface area contributed by atoms with Gasteiger partial charge >= 0.3 is 0 Å². The Bertz CT molecular complexity index is 189. The summed E-state index contributed by atoms with van der Waals surface area (Å²) in [5.41, 5.74) is -0.680. The van der Waals surface area contributed by atoms with E-state index in [9.17, 15) is 10.2 Å². The first kappa shape index (κ1) is 10.4. The predicted molar refractivity (Wildman–Crippen MR) is 52.7 cm³/mol. The lowest BCUT2D eigenvalue weighted by Crippen LogP contribution is -2.45. The van der Waals surface area contributed by atoms with Crippen LogP contribution in [-0.2, 0) is 0 Å². The molecule has 0 amide bonds. The van der Waals surface area contributed by atoms with Gasteiger partial charge in [0, 0.05) is 6.42 Å². The van der Waals surface area contributed by atoms with E-state index in [2.05, 4.69) is 0 Å². The zero-order chi connectivity index (χ0) is 10.2. The molecule has 2 saturated carbocycles. The molecule has 0 heterocycles. The first-order chi connectivity index (χ1) is 6.66. The summed E-state index contributed by atoms with van der Waals surface area (Å²) in [7, 11) is 0. The first-order valence-electron chi connectivity index (χ1n) is 5.68. The molecular weight excluding hydrogens is 180 g/mol. The van der Waals surface area contributed by atoms with Crippen LogP contribution in [0.2, 0.25) is 0 Å². The Hall–Kier alpha value is -0.120. The van der Waals surface area contributed by atoms with Crippen LogP contribution in [0.4, 0.5) is 0 Å². The van der Waals surface area contributed by atoms with Crippen LogP contribution in [0, 0.1) is 11.8 Å². The fourth-order valence-electron chi connectivity index (χ4n) is 3.41. The van der Waals surface area contributed by atoms with Crippen molar-refractivity contribution in [2.45, 2.75) is 50.2 Å². The maximum absolute atomic E-state index is 10.5. The molecule has 0 aliphatic heterocycles. The molecule has 2 fully saturated rings. The van der Waals surface area contributed by atoms with Crippen molar-refractivity contribution in [3.63, 3.8) is 0 Å². The third-order valence-corrected chi connectivity index (χ3v) is 4.16. The highest BCUT2D eigenvalue weighted by Crippen LogP contribution is 2.51. The normalized spacial score (nSPS) is 43.9. The topological polar surface area (TPSA) is 60.7 Å². The van der Waals surface area contributed by atoms with E-state index in [1.54, 1.807) is 0 Å². The number of hydrogen-bond acceptors (Lipinski definition) is 3. The number of fused-ring (bicyclic) bond motifs is 2. The molecule has 2 aliphatic carbocycles. The maximum atomic E-state index is 10.5. The van der Waals surface area contributed by atoms with E-state index in [1.807, 2.05) is 0 Å². The van der Waals surface area contributed by atoms with Gasteiger partial charge in [0.25, 0.3) is 0 Å². The van der Waals surface area contributed by atoms with Crippen molar-refractivity contribution in [2.75, 3.05) is 6.61 Å². The predicted octanol–water partition coefficient (Wildman–Crippen LogP) is 0.671. The molecule has 3 heteroatoms. The van der Waals surface area contributed by atoms with E-state index in [0.717, 1.165) is 25.7 Å². The minimum absolute atomic E-state index is 0.234. The van der Waals surface area contributed by atoms with Crippen molar-refractivity contribution in [3.05, 3.63) is 0 Å². The third-order valence-electron chi connectivity index (χ3n) is 4.16. The fraction of sp³-hybridized carbons (Fsp3) is 1.00. The number of rotatable bonds is 3. The Morgan fingerprint density at radius 2 is 1.71 bits per heavy atom. The highest BCUT2D eigenvalue weighted by Gasteiger charge is 2.51. The van der Waals surface area contributed by atoms with Crippen molar-refractivity contribution in [1.29, 1.82) is 0 Å². The molecule has 14 heavy (non-hydrogen) atoms. The molecule has 3 unspecified atom stereocenters. The van der Waals surface area contributed by atoms with Crippen LogP contribution >= 0.6 is 0 Å². The molecule has 0 aromatic carbocycles. The van der Waals surface area contributed by atoms with Gasteiger partial charge in [-0.25, -0.2) is 0 Å². The zero-order valence-electron chi connectivity index (χ0n) is 8.52. The van der Waals surface area contributed by atoms with Crippen LogP contribution < -0.4 is 0 Å². The molecule has 3 N–H and O–H groups in total. The summed E-state index contributed by atoms with van der Waals surface area (Å²) in [5.74, 6) is 0.727. The second-order valence-electron chi connectivity index (χ2n) is 4.93. The number of hydrogen-bond donors (Lipinski definition) is 3. The van der Waals surface area contributed by atoms with Gasteiger partial charge in [0.2, 0.25) is 0 Å². The largest absolute Gasteiger partial charge is 0.394 e. The van der Waals surface area contributed by atoms with Crippen molar-refractivity contribution < 1.29 is 15.3 Å². The maximum Gasteiger partial charge on any atom is 0.0798 e. The standard InChI is InChI=1S/C11H20O3/c12-7-10(13)6-11(14)8-2-1-3-9(11)5-4-8/h8-10,12-14H,1-7H2/t8-,9?,10?,11?/m1/s1. The van der Waals surface area contributed by atoms with Crippen LogP contribution in [0.3, 0.4) is 0 Å². The highest BCUT2D eigenvalue weighted by atomic mass is 16.3. The molecule has 0 radical (unpaired) electrons. The van der Waals surface area contributed by atoms with Gasteiger partial charge in [-0.05, 0) is 37.5 Å². The van der Waals surface area contributed by atoms with E-state index in [0.29, 0.717) is 18.3 Å². The van der Waals surface area contributed by atoms with Crippen molar-refractivity contribution in [3.8, 4) is 0 Å². The Morgan fingerprint density at radius 3 is 2.21 bits per heavy atom. The van der Waals surface area contributed by atoms with Crippen molar-refractivity contribution >= 4 is 0 Å². The summed E-state index contributed by atoms with van der Waals surface area (Å²) in [5, 5.41) is 28.7. The number of aliphatic hydroxyl groups excluding tert-OH is 2. The summed E-state index contributed by atoms with van der Waals surface area (Å²) < 4.78 is 0. The van der Waals surface area contributed by atoms with Gasteiger partial charge in [-0.3, -0.25) is 0 Å². The van der Waals surface area contributed by atoms with Crippen LogP contribution in [0.25, 0.3) is 0 Å². The van der Waals surface area contributed by atoms with Crippen molar-refractivity contribution in [1.82, 2.24) is 0 Å². The van der Waals surface area contributed by atoms with E-state index in [-0.39, 0.29) is 6.61 Å². The molecule has 0 aromatic rings. The molecule has 82 valence electrons. The van der Waals surface area contributed by atoms with Crippen LogP contribution in [0.1, 0.15) is 38.5 Å². The average Bonchev–Trinajstić information content (AvgIpc) is 2.42. The molecule has 0 spiro atoms. The van der Waals surface area contributed by atoms with E-state index < -0.39 is 11.7 Å². The SMILES string of the molecule is OCC(O)CC1(O)C2CCC[C@@H]1CC2. The van der Waals surface area contributed by atoms with E-state index in [4.69, 9.17) is 5.11 Å². The first-order valence-corrected chi connectivity index (χ1v) is 5.68. The van der Waals surface area contributed by atoms with Gasteiger partial charge in [-0.2, -0.15) is 0 Å². The van der Waals surface area contributed by atoms with Gasteiger partial charge in [-0.15, -0.1) is 0 Å². The lowest BCUT2D eigenvalue weighted by atomic mass is 9.72. The Balaban J connectivity index is 2.06. The molecule has 2 rings (SSSR count). The Labute approximate surface area is 84.8 Å². The highest BCUT2D eigenvalue weighted by molar-refractivity contribution is 5.02. The van der Waals surface area contributed by atoms with Crippen LogP contribution in [-0.4, -0.2) is 33.6 Å². The van der Waals surface area contributed by atoms with E-state index >= 15 is 0 Å². The Kier molecular flexibility index (Phi) is 2.82. The van der Waals surface area contributed by atoms with Gasteiger partial charge < -0.3 is 15.3 Å². The monoisotopic (exact) mass is 200 g/mol. The molecule has 4 atom stereocenters. The van der Waals surface area contributed by atoms with Crippen LogP contribution in [0.15, 0.2) is 0 Å². The number of aliphatic hydroxyl groups is 3.